The number of carbonyl (C=O) groups is 1. The van der Waals surface area contributed by atoms with E-state index in [9.17, 15) is 9.59 Å². The van der Waals surface area contributed by atoms with Crippen LogP contribution in [0.1, 0.15) is 12.5 Å². The van der Waals surface area contributed by atoms with Gasteiger partial charge in [0.05, 0.1) is 10.2 Å². The molecule has 1 amide bonds. The first-order valence-corrected chi connectivity index (χ1v) is 8.01. The second-order valence-electron chi connectivity index (χ2n) is 5.30. The predicted octanol–water partition coefficient (Wildman–Crippen LogP) is 3.73. The number of allylic oxidation sites excluding steroid dienone is 1. The molecule has 0 saturated carbocycles. The Morgan fingerprint density at radius 3 is 2.65 bits per heavy atom. The number of anilines is 1. The van der Waals surface area contributed by atoms with Gasteiger partial charge in [0.15, 0.2) is 0 Å². The van der Waals surface area contributed by atoms with E-state index in [-0.39, 0.29) is 17.3 Å². The maximum atomic E-state index is 12.4. The second kappa shape index (κ2) is 6.22. The highest BCUT2D eigenvalue weighted by molar-refractivity contribution is 7.16. The van der Waals surface area contributed by atoms with Gasteiger partial charge in [-0.1, -0.05) is 48.2 Å². The van der Waals surface area contributed by atoms with Crippen LogP contribution in [0.5, 0.6) is 0 Å². The molecule has 1 N–H and O–H groups in total. The van der Waals surface area contributed by atoms with Crippen molar-refractivity contribution < 1.29 is 4.79 Å². The zero-order chi connectivity index (χ0) is 16.4. The number of nitrogens with zero attached hydrogens (tertiary/aromatic N) is 1. The molecule has 4 nitrogen and oxygen atoms in total. The first-order valence-electron chi connectivity index (χ1n) is 7.19. The minimum atomic E-state index is -0.232. The second-order valence-corrected chi connectivity index (χ2v) is 6.29. The molecule has 0 atom stereocenters. The summed E-state index contributed by atoms with van der Waals surface area (Å²) in [5.41, 5.74) is 3.26. The van der Waals surface area contributed by atoms with Crippen LogP contribution in [0.25, 0.3) is 15.8 Å². The Balaban J connectivity index is 1.86. The summed E-state index contributed by atoms with van der Waals surface area (Å²) in [5.74, 6) is -0.232. The van der Waals surface area contributed by atoms with Gasteiger partial charge in [0.25, 0.3) is 0 Å². The standard InChI is InChI=1S/C18H16N2O2S/c1-12(2)13-7-3-4-8-14(13)19-17(21)11-20-15-9-5-6-10-16(15)23-18(20)22/h3-10H,1,11H2,2H3,(H,19,21). The molecule has 0 aliphatic rings. The lowest BCUT2D eigenvalue weighted by atomic mass is 10.1. The lowest BCUT2D eigenvalue weighted by Gasteiger charge is -2.11. The molecule has 3 rings (SSSR count). The summed E-state index contributed by atoms with van der Waals surface area (Å²) >= 11 is 1.15. The van der Waals surface area contributed by atoms with E-state index in [2.05, 4.69) is 11.9 Å². The Bertz CT molecular complexity index is 953. The van der Waals surface area contributed by atoms with E-state index in [1.807, 2.05) is 55.5 Å². The molecule has 0 spiro atoms. The van der Waals surface area contributed by atoms with E-state index in [0.29, 0.717) is 5.69 Å². The van der Waals surface area contributed by atoms with E-state index in [1.54, 1.807) is 0 Å². The predicted molar refractivity (Wildman–Crippen MR) is 95.9 cm³/mol. The van der Waals surface area contributed by atoms with Gasteiger partial charge < -0.3 is 5.32 Å². The van der Waals surface area contributed by atoms with Crippen molar-refractivity contribution >= 4 is 38.7 Å². The molecule has 0 radical (unpaired) electrons. The maximum absolute atomic E-state index is 12.4. The van der Waals surface area contributed by atoms with Gasteiger partial charge in [-0.2, -0.15) is 0 Å². The zero-order valence-electron chi connectivity index (χ0n) is 12.7. The van der Waals surface area contributed by atoms with Crippen LogP contribution in [0.4, 0.5) is 5.69 Å². The van der Waals surface area contributed by atoms with Crippen LogP contribution in [0.3, 0.4) is 0 Å². The summed E-state index contributed by atoms with van der Waals surface area (Å²) in [5, 5.41) is 2.87. The first-order chi connectivity index (χ1) is 11.1. The highest BCUT2D eigenvalue weighted by atomic mass is 32.1. The Labute approximate surface area is 137 Å². The molecule has 0 unspecified atom stereocenters. The van der Waals surface area contributed by atoms with E-state index >= 15 is 0 Å². The van der Waals surface area contributed by atoms with Crippen LogP contribution in [0.2, 0.25) is 0 Å². The fraction of sp³-hybridized carbons (Fsp3) is 0.111. The lowest BCUT2D eigenvalue weighted by Crippen LogP contribution is -2.24. The van der Waals surface area contributed by atoms with Crippen molar-refractivity contribution in [2.75, 3.05) is 5.32 Å². The molecule has 0 aliphatic heterocycles. The minimum absolute atomic E-state index is 0.00658. The number of fused-ring (bicyclic) bond motifs is 1. The van der Waals surface area contributed by atoms with Crippen molar-refractivity contribution in [1.82, 2.24) is 4.57 Å². The van der Waals surface area contributed by atoms with Gasteiger partial charge in [-0.15, -0.1) is 0 Å². The molecule has 1 heterocycles. The van der Waals surface area contributed by atoms with Crippen molar-refractivity contribution in [3.05, 3.63) is 70.3 Å². The summed E-state index contributed by atoms with van der Waals surface area (Å²) in [6.45, 7) is 5.80. The molecule has 3 aromatic rings. The molecule has 0 aliphatic carbocycles. The van der Waals surface area contributed by atoms with Crippen LogP contribution in [0.15, 0.2) is 59.9 Å². The molecule has 1 aromatic heterocycles. The third kappa shape index (κ3) is 3.10. The van der Waals surface area contributed by atoms with Crippen molar-refractivity contribution in [2.24, 2.45) is 0 Å². The lowest BCUT2D eigenvalue weighted by molar-refractivity contribution is -0.116. The summed E-state index contributed by atoms with van der Waals surface area (Å²) in [4.78, 5) is 24.3. The number of aromatic nitrogens is 1. The van der Waals surface area contributed by atoms with Crippen molar-refractivity contribution in [3.8, 4) is 0 Å². The number of amides is 1. The van der Waals surface area contributed by atoms with Gasteiger partial charge in [-0.05, 0) is 30.7 Å². The molecule has 0 fully saturated rings. The highest BCUT2D eigenvalue weighted by Gasteiger charge is 2.12. The van der Waals surface area contributed by atoms with Crippen LogP contribution in [-0.4, -0.2) is 10.5 Å². The SMILES string of the molecule is C=C(C)c1ccccc1NC(=O)Cn1c(=O)sc2ccccc21. The van der Waals surface area contributed by atoms with E-state index in [0.717, 1.165) is 32.7 Å². The molecule has 116 valence electrons. The fourth-order valence-corrected chi connectivity index (χ4v) is 3.35. The third-order valence-electron chi connectivity index (χ3n) is 3.54. The molecule has 0 bridgehead atoms. The topological polar surface area (TPSA) is 51.1 Å². The monoisotopic (exact) mass is 324 g/mol. The zero-order valence-corrected chi connectivity index (χ0v) is 13.5. The van der Waals surface area contributed by atoms with E-state index in [1.165, 1.54) is 4.57 Å². The van der Waals surface area contributed by atoms with Gasteiger partial charge in [0, 0.05) is 11.3 Å². The van der Waals surface area contributed by atoms with E-state index in [4.69, 9.17) is 0 Å². The molecular weight excluding hydrogens is 308 g/mol. The Morgan fingerprint density at radius 2 is 1.87 bits per heavy atom. The molecule has 5 heteroatoms. The molecular formula is C18H16N2O2S. The maximum Gasteiger partial charge on any atom is 0.308 e. The van der Waals surface area contributed by atoms with Crippen LogP contribution in [0, 0.1) is 0 Å². The summed E-state index contributed by atoms with van der Waals surface area (Å²) < 4.78 is 2.38. The summed E-state index contributed by atoms with van der Waals surface area (Å²) in [6.07, 6.45) is 0. The molecule has 0 saturated heterocycles. The molecule has 2 aromatic carbocycles. The normalized spacial score (nSPS) is 10.7. The summed E-state index contributed by atoms with van der Waals surface area (Å²) in [7, 11) is 0. The van der Waals surface area contributed by atoms with Crippen molar-refractivity contribution in [2.45, 2.75) is 13.5 Å². The number of hydrogen-bond donors (Lipinski definition) is 1. The number of thiazole rings is 1. The van der Waals surface area contributed by atoms with Crippen LogP contribution >= 0.6 is 11.3 Å². The fourth-order valence-electron chi connectivity index (χ4n) is 2.46. The van der Waals surface area contributed by atoms with Crippen LogP contribution in [-0.2, 0) is 11.3 Å². The Morgan fingerprint density at radius 1 is 1.17 bits per heavy atom. The van der Waals surface area contributed by atoms with Gasteiger partial charge in [0.2, 0.25) is 5.91 Å². The number of rotatable bonds is 4. The largest absolute Gasteiger partial charge is 0.324 e. The van der Waals surface area contributed by atoms with Gasteiger partial charge >= 0.3 is 4.87 Å². The minimum Gasteiger partial charge on any atom is -0.324 e. The number of para-hydroxylation sites is 2. The summed E-state index contributed by atoms with van der Waals surface area (Å²) in [6, 6.07) is 15.0. The van der Waals surface area contributed by atoms with Gasteiger partial charge in [0.1, 0.15) is 6.54 Å². The smallest absolute Gasteiger partial charge is 0.308 e. The average molecular weight is 324 g/mol. The van der Waals surface area contributed by atoms with Gasteiger partial charge in [-0.25, -0.2) is 0 Å². The third-order valence-corrected chi connectivity index (χ3v) is 4.50. The van der Waals surface area contributed by atoms with Gasteiger partial charge in [-0.3, -0.25) is 14.2 Å². The van der Waals surface area contributed by atoms with E-state index < -0.39 is 0 Å². The average Bonchev–Trinajstić information content (AvgIpc) is 2.83. The number of nitrogens with one attached hydrogen (secondary N) is 1. The number of benzene rings is 2. The van der Waals surface area contributed by atoms with Crippen molar-refractivity contribution in [3.63, 3.8) is 0 Å². The first kappa shape index (κ1) is 15.2. The number of hydrogen-bond acceptors (Lipinski definition) is 3. The van der Waals surface area contributed by atoms with Crippen molar-refractivity contribution in [1.29, 1.82) is 0 Å². The van der Waals surface area contributed by atoms with Crippen LogP contribution < -0.4 is 10.2 Å². The Kier molecular flexibility index (Phi) is 4.12. The quantitative estimate of drug-likeness (QED) is 0.795. The highest BCUT2D eigenvalue weighted by Crippen LogP contribution is 2.22. The Hall–Kier alpha value is -2.66. The molecule has 23 heavy (non-hydrogen) atoms. The number of carbonyl (C=O) groups excluding carboxylic acids is 1.